The molecule has 0 saturated heterocycles. The average Bonchev–Trinajstić information content (AvgIpc) is 2.86. The number of aromatic nitrogens is 4. The lowest BCUT2D eigenvalue weighted by Gasteiger charge is -2.06. The topological polar surface area (TPSA) is 83.5 Å². The Morgan fingerprint density at radius 2 is 1.95 bits per heavy atom. The molecule has 3 rings (SSSR count). The van der Waals surface area contributed by atoms with Crippen LogP contribution in [0.1, 0.15) is 5.56 Å². The Hall–Kier alpha value is -2.34. The minimum Gasteiger partial charge on any atom is -0.339 e. The highest BCUT2D eigenvalue weighted by molar-refractivity contribution is 6.30. The van der Waals surface area contributed by atoms with E-state index < -0.39 is 11.2 Å². The maximum absolute atomic E-state index is 11.9. The van der Waals surface area contributed by atoms with Crippen LogP contribution in [0, 0.1) is 0 Å². The molecule has 19 heavy (non-hydrogen) atoms. The zero-order valence-corrected chi connectivity index (χ0v) is 10.4. The van der Waals surface area contributed by atoms with E-state index in [1.807, 2.05) is 12.1 Å². The van der Waals surface area contributed by atoms with Gasteiger partial charge in [0, 0.05) is 5.02 Å². The van der Waals surface area contributed by atoms with Gasteiger partial charge in [0.25, 0.3) is 5.56 Å². The van der Waals surface area contributed by atoms with Crippen LogP contribution < -0.4 is 11.2 Å². The summed E-state index contributed by atoms with van der Waals surface area (Å²) in [5, 5.41) is 0.627. The lowest BCUT2D eigenvalue weighted by atomic mass is 10.2. The van der Waals surface area contributed by atoms with Crippen molar-refractivity contribution in [3.63, 3.8) is 0 Å². The molecule has 0 atom stereocenters. The summed E-state index contributed by atoms with van der Waals surface area (Å²) in [5.41, 5.74) is 0.560. The minimum atomic E-state index is -0.487. The van der Waals surface area contributed by atoms with Gasteiger partial charge < -0.3 is 4.98 Å². The molecule has 0 aliphatic rings. The lowest BCUT2D eigenvalue weighted by molar-refractivity contribution is 0.748. The van der Waals surface area contributed by atoms with E-state index >= 15 is 0 Å². The van der Waals surface area contributed by atoms with Gasteiger partial charge in [-0.2, -0.15) is 0 Å². The van der Waals surface area contributed by atoms with Crippen molar-refractivity contribution in [3.8, 4) is 0 Å². The first-order valence-electron chi connectivity index (χ1n) is 5.56. The Labute approximate surface area is 111 Å². The van der Waals surface area contributed by atoms with Crippen LogP contribution in [0.2, 0.25) is 5.02 Å². The highest BCUT2D eigenvalue weighted by Crippen LogP contribution is 2.11. The molecule has 0 bridgehead atoms. The molecule has 6 nitrogen and oxygen atoms in total. The molecular formula is C12H9ClN4O2. The summed E-state index contributed by atoms with van der Waals surface area (Å²) in [6, 6.07) is 7.13. The van der Waals surface area contributed by atoms with Crippen molar-refractivity contribution in [2.24, 2.45) is 0 Å². The van der Waals surface area contributed by atoms with E-state index in [-0.39, 0.29) is 5.52 Å². The number of benzene rings is 1. The summed E-state index contributed by atoms with van der Waals surface area (Å²) in [4.78, 5) is 32.4. The van der Waals surface area contributed by atoms with E-state index in [1.54, 1.807) is 12.1 Å². The molecule has 0 saturated carbocycles. The second-order valence-electron chi connectivity index (χ2n) is 4.07. The van der Waals surface area contributed by atoms with Crippen LogP contribution in [0.4, 0.5) is 0 Å². The van der Waals surface area contributed by atoms with E-state index in [4.69, 9.17) is 11.6 Å². The Morgan fingerprint density at radius 1 is 1.21 bits per heavy atom. The first kappa shape index (κ1) is 11.7. The highest BCUT2D eigenvalue weighted by Gasteiger charge is 2.09. The van der Waals surface area contributed by atoms with Crippen molar-refractivity contribution < 1.29 is 0 Å². The zero-order valence-electron chi connectivity index (χ0n) is 9.68. The number of halogens is 1. The van der Waals surface area contributed by atoms with Gasteiger partial charge in [-0.3, -0.25) is 14.3 Å². The third-order valence-corrected chi connectivity index (χ3v) is 3.07. The number of nitrogens with zero attached hydrogens (tertiary/aromatic N) is 2. The molecule has 2 aromatic heterocycles. The summed E-state index contributed by atoms with van der Waals surface area (Å²) < 4.78 is 1.40. The lowest BCUT2D eigenvalue weighted by Crippen LogP contribution is -2.30. The Balaban J connectivity index is 2.15. The first-order valence-corrected chi connectivity index (χ1v) is 5.93. The highest BCUT2D eigenvalue weighted by atomic mass is 35.5. The molecular weight excluding hydrogens is 268 g/mol. The predicted molar refractivity (Wildman–Crippen MR) is 71.5 cm³/mol. The van der Waals surface area contributed by atoms with E-state index in [0.29, 0.717) is 17.2 Å². The van der Waals surface area contributed by atoms with Gasteiger partial charge in [-0.05, 0) is 17.7 Å². The fourth-order valence-corrected chi connectivity index (χ4v) is 2.03. The third kappa shape index (κ3) is 2.06. The standard InChI is InChI=1S/C12H9ClN4O2/c13-8-3-1-7(2-4-8)5-17-10-9(14-6-15-10)11(18)16-12(17)19/h1-4,6H,5H2,(H,14,15)(H,16,18,19). The van der Waals surface area contributed by atoms with E-state index in [0.717, 1.165) is 5.56 Å². The van der Waals surface area contributed by atoms with Crippen LogP contribution >= 0.6 is 11.6 Å². The number of nitrogens with one attached hydrogen (secondary N) is 2. The maximum atomic E-state index is 11.9. The molecule has 0 radical (unpaired) electrons. The quantitative estimate of drug-likeness (QED) is 0.735. The maximum Gasteiger partial charge on any atom is 0.330 e. The van der Waals surface area contributed by atoms with Crippen LogP contribution in [0.5, 0.6) is 0 Å². The number of fused-ring (bicyclic) bond motifs is 1. The summed E-state index contributed by atoms with van der Waals surface area (Å²) in [5.74, 6) is 0. The fourth-order valence-electron chi connectivity index (χ4n) is 1.90. The largest absolute Gasteiger partial charge is 0.339 e. The van der Waals surface area contributed by atoms with Crippen LogP contribution in [0.25, 0.3) is 11.2 Å². The number of hydrogen-bond acceptors (Lipinski definition) is 3. The van der Waals surface area contributed by atoms with E-state index in [1.165, 1.54) is 10.9 Å². The molecule has 2 N–H and O–H groups in total. The van der Waals surface area contributed by atoms with Crippen LogP contribution in [0.15, 0.2) is 40.2 Å². The van der Waals surface area contributed by atoms with Gasteiger partial charge in [-0.1, -0.05) is 23.7 Å². The molecule has 0 aliphatic carbocycles. The number of aromatic amines is 2. The van der Waals surface area contributed by atoms with Crippen molar-refractivity contribution in [2.45, 2.75) is 6.54 Å². The minimum absolute atomic E-state index is 0.286. The van der Waals surface area contributed by atoms with Gasteiger partial charge in [0.05, 0.1) is 12.9 Å². The van der Waals surface area contributed by atoms with Gasteiger partial charge >= 0.3 is 5.69 Å². The molecule has 0 fully saturated rings. The molecule has 1 aromatic carbocycles. The summed E-state index contributed by atoms with van der Waals surface area (Å²) in [6.07, 6.45) is 1.39. The predicted octanol–water partition coefficient (Wildman–Crippen LogP) is 1.11. The van der Waals surface area contributed by atoms with E-state index in [9.17, 15) is 9.59 Å². The van der Waals surface area contributed by atoms with Crippen molar-refractivity contribution in [1.29, 1.82) is 0 Å². The number of imidazole rings is 1. The van der Waals surface area contributed by atoms with Crippen LogP contribution in [0.3, 0.4) is 0 Å². The van der Waals surface area contributed by atoms with Crippen LogP contribution in [-0.2, 0) is 6.54 Å². The number of rotatable bonds is 2. The molecule has 2 heterocycles. The molecule has 7 heteroatoms. The Morgan fingerprint density at radius 3 is 2.68 bits per heavy atom. The van der Waals surface area contributed by atoms with Gasteiger partial charge in [0.1, 0.15) is 5.52 Å². The number of hydrogen-bond donors (Lipinski definition) is 2. The molecule has 96 valence electrons. The summed E-state index contributed by atoms with van der Waals surface area (Å²) in [6.45, 7) is 0.314. The normalized spacial score (nSPS) is 11.0. The third-order valence-electron chi connectivity index (χ3n) is 2.82. The van der Waals surface area contributed by atoms with Crippen molar-refractivity contribution in [2.75, 3.05) is 0 Å². The Bertz CT molecular complexity index is 845. The van der Waals surface area contributed by atoms with E-state index in [2.05, 4.69) is 15.0 Å². The SMILES string of the molecule is O=c1[nH]c(=O)n(Cc2ccc(Cl)cc2)c2nc[nH]c12. The van der Waals surface area contributed by atoms with Gasteiger partial charge in [-0.15, -0.1) is 0 Å². The summed E-state index contributed by atoms with van der Waals surface area (Å²) >= 11 is 5.81. The van der Waals surface area contributed by atoms with Crippen molar-refractivity contribution in [1.82, 2.24) is 19.5 Å². The summed E-state index contributed by atoms with van der Waals surface area (Å²) in [7, 11) is 0. The number of H-pyrrole nitrogens is 2. The monoisotopic (exact) mass is 276 g/mol. The molecule has 0 spiro atoms. The van der Waals surface area contributed by atoms with Gasteiger partial charge in [0.2, 0.25) is 0 Å². The Kier molecular flexibility index (Phi) is 2.72. The average molecular weight is 277 g/mol. The second-order valence-corrected chi connectivity index (χ2v) is 4.51. The molecule has 0 amide bonds. The molecule has 0 unspecified atom stereocenters. The van der Waals surface area contributed by atoms with Crippen LogP contribution in [-0.4, -0.2) is 19.5 Å². The fraction of sp³-hybridized carbons (Fsp3) is 0.0833. The smallest absolute Gasteiger partial charge is 0.330 e. The second kappa shape index (κ2) is 4.40. The molecule has 0 aliphatic heterocycles. The first-order chi connectivity index (χ1) is 9.15. The van der Waals surface area contributed by atoms with Crippen molar-refractivity contribution in [3.05, 3.63) is 62.0 Å². The zero-order chi connectivity index (χ0) is 13.4. The van der Waals surface area contributed by atoms with Gasteiger partial charge in [0.15, 0.2) is 5.65 Å². The van der Waals surface area contributed by atoms with Crippen molar-refractivity contribution >= 4 is 22.8 Å². The molecule has 3 aromatic rings. The van der Waals surface area contributed by atoms with Gasteiger partial charge in [-0.25, -0.2) is 9.78 Å².